The lowest BCUT2D eigenvalue weighted by atomic mass is 9.81. The quantitative estimate of drug-likeness (QED) is 0.869. The maximum absolute atomic E-state index is 12.1. The minimum absolute atomic E-state index is 0. The van der Waals surface area contributed by atoms with E-state index in [1.807, 2.05) is 6.92 Å². The average molecular weight is 325 g/mol. The van der Waals surface area contributed by atoms with Crippen molar-refractivity contribution < 1.29 is 4.79 Å². The van der Waals surface area contributed by atoms with E-state index in [9.17, 15) is 4.79 Å². The van der Waals surface area contributed by atoms with Crippen molar-refractivity contribution in [1.29, 1.82) is 0 Å². The normalized spacial score (nSPS) is 24.0. The second-order valence-electron chi connectivity index (χ2n) is 6.38. The third-order valence-corrected chi connectivity index (χ3v) is 4.90. The zero-order chi connectivity index (χ0) is 15.2. The minimum Gasteiger partial charge on any atom is -0.352 e. The molecule has 0 heterocycles. The monoisotopic (exact) mass is 324 g/mol. The van der Waals surface area contributed by atoms with E-state index in [-0.39, 0.29) is 30.3 Å². The molecule has 1 aromatic carbocycles. The number of halogens is 1. The number of hydrogen-bond acceptors (Lipinski definition) is 2. The number of hydrogen-bond donors (Lipinski definition) is 2. The van der Waals surface area contributed by atoms with Gasteiger partial charge in [-0.15, -0.1) is 12.4 Å². The fourth-order valence-corrected chi connectivity index (χ4v) is 3.11. The Labute approximate surface area is 140 Å². The molecular weight excluding hydrogens is 296 g/mol. The van der Waals surface area contributed by atoms with Crippen LogP contribution in [0.25, 0.3) is 0 Å². The van der Waals surface area contributed by atoms with Crippen LogP contribution in [0.4, 0.5) is 0 Å². The van der Waals surface area contributed by atoms with E-state index in [0.29, 0.717) is 12.0 Å². The number of nitrogens with one attached hydrogen (secondary N) is 1. The first kappa shape index (κ1) is 19.0. The second kappa shape index (κ2) is 9.16. The number of carbonyl (C=O) groups excluding carboxylic acids is 1. The number of nitrogens with two attached hydrogens (primary N) is 1. The van der Waals surface area contributed by atoms with Crippen LogP contribution in [0.1, 0.15) is 57.4 Å². The van der Waals surface area contributed by atoms with Crippen LogP contribution in [0.15, 0.2) is 30.3 Å². The Kier molecular flexibility index (Phi) is 7.91. The molecule has 2 unspecified atom stereocenters. The molecule has 3 N–H and O–H groups in total. The van der Waals surface area contributed by atoms with Gasteiger partial charge >= 0.3 is 0 Å². The van der Waals surface area contributed by atoms with Crippen molar-refractivity contribution in [2.75, 3.05) is 0 Å². The Bertz CT molecular complexity index is 444. The van der Waals surface area contributed by atoms with E-state index in [1.54, 1.807) is 0 Å². The molecule has 1 amide bonds. The lowest BCUT2D eigenvalue weighted by molar-refractivity contribution is -0.124. The van der Waals surface area contributed by atoms with Crippen molar-refractivity contribution in [3.63, 3.8) is 0 Å². The van der Waals surface area contributed by atoms with Crippen molar-refractivity contribution in [2.24, 2.45) is 11.7 Å². The van der Waals surface area contributed by atoms with E-state index in [4.69, 9.17) is 5.73 Å². The van der Waals surface area contributed by atoms with Crippen molar-refractivity contribution in [1.82, 2.24) is 5.32 Å². The van der Waals surface area contributed by atoms with E-state index >= 15 is 0 Å². The average Bonchev–Trinajstić information content (AvgIpc) is 2.54. The van der Waals surface area contributed by atoms with Crippen LogP contribution >= 0.6 is 12.4 Å². The molecule has 1 aliphatic rings. The molecule has 1 aromatic rings. The summed E-state index contributed by atoms with van der Waals surface area (Å²) in [4.78, 5) is 12.1. The third-order valence-electron chi connectivity index (χ3n) is 4.90. The number of carbonyl (C=O) groups is 1. The Hall–Kier alpha value is -1.06. The summed E-state index contributed by atoms with van der Waals surface area (Å²) in [5, 5.41) is 3.14. The van der Waals surface area contributed by atoms with Crippen LogP contribution in [0.2, 0.25) is 0 Å². The number of rotatable bonds is 5. The molecule has 0 aliphatic heterocycles. The maximum Gasteiger partial charge on any atom is 0.237 e. The van der Waals surface area contributed by atoms with Crippen LogP contribution in [0.3, 0.4) is 0 Å². The van der Waals surface area contributed by atoms with Crippen LogP contribution < -0.4 is 11.1 Å². The van der Waals surface area contributed by atoms with Gasteiger partial charge in [0.05, 0.1) is 6.04 Å². The highest BCUT2D eigenvalue weighted by atomic mass is 35.5. The summed E-state index contributed by atoms with van der Waals surface area (Å²) in [6, 6.07) is 10.6. The first-order chi connectivity index (χ1) is 10.1. The van der Waals surface area contributed by atoms with E-state index in [0.717, 1.165) is 32.1 Å². The number of benzene rings is 1. The molecule has 3 nitrogen and oxygen atoms in total. The van der Waals surface area contributed by atoms with Gasteiger partial charge in [-0.3, -0.25) is 4.79 Å². The molecular formula is C18H29ClN2O. The smallest absolute Gasteiger partial charge is 0.237 e. The summed E-state index contributed by atoms with van der Waals surface area (Å²) in [6.07, 6.45) is 5.34. The molecule has 0 aromatic heterocycles. The summed E-state index contributed by atoms with van der Waals surface area (Å²) in [5.74, 6) is 0.903. The van der Waals surface area contributed by atoms with Crippen molar-refractivity contribution in [2.45, 2.75) is 64.0 Å². The molecule has 2 atom stereocenters. The summed E-state index contributed by atoms with van der Waals surface area (Å²) in [7, 11) is 0. The van der Waals surface area contributed by atoms with Gasteiger partial charge in [-0.05, 0) is 43.1 Å². The highest BCUT2D eigenvalue weighted by Crippen LogP contribution is 2.32. The fraction of sp³-hybridized carbons (Fsp3) is 0.611. The second-order valence-corrected chi connectivity index (χ2v) is 6.38. The first-order valence-electron chi connectivity index (χ1n) is 8.22. The zero-order valence-electron chi connectivity index (χ0n) is 13.6. The molecule has 22 heavy (non-hydrogen) atoms. The maximum atomic E-state index is 12.1. The highest BCUT2D eigenvalue weighted by Gasteiger charge is 2.26. The molecule has 1 fully saturated rings. The van der Waals surface area contributed by atoms with Crippen LogP contribution in [0, 0.1) is 5.92 Å². The van der Waals surface area contributed by atoms with Gasteiger partial charge < -0.3 is 11.1 Å². The SMILES string of the molecule is CCC(C)C(N)C(=O)NC1CCC(c2ccccc2)CC1.Cl. The molecule has 124 valence electrons. The van der Waals surface area contributed by atoms with Gasteiger partial charge in [0.15, 0.2) is 0 Å². The van der Waals surface area contributed by atoms with Crippen molar-refractivity contribution >= 4 is 18.3 Å². The predicted octanol–water partition coefficient (Wildman–Crippen LogP) is 3.62. The van der Waals surface area contributed by atoms with Gasteiger partial charge in [0, 0.05) is 6.04 Å². The Morgan fingerprint density at radius 2 is 1.82 bits per heavy atom. The Morgan fingerprint density at radius 3 is 2.36 bits per heavy atom. The summed E-state index contributed by atoms with van der Waals surface area (Å²) in [5.41, 5.74) is 7.42. The van der Waals surface area contributed by atoms with E-state index < -0.39 is 0 Å². The number of amides is 1. The largest absolute Gasteiger partial charge is 0.352 e. The molecule has 0 radical (unpaired) electrons. The van der Waals surface area contributed by atoms with Crippen molar-refractivity contribution in [3.05, 3.63) is 35.9 Å². The Morgan fingerprint density at radius 1 is 1.23 bits per heavy atom. The molecule has 1 saturated carbocycles. The minimum atomic E-state index is -0.373. The molecule has 0 spiro atoms. The van der Waals surface area contributed by atoms with Crippen LogP contribution in [0.5, 0.6) is 0 Å². The topological polar surface area (TPSA) is 55.1 Å². The third kappa shape index (κ3) is 4.99. The summed E-state index contributed by atoms with van der Waals surface area (Å²) >= 11 is 0. The van der Waals surface area contributed by atoms with E-state index in [1.165, 1.54) is 5.56 Å². The fourth-order valence-electron chi connectivity index (χ4n) is 3.11. The van der Waals surface area contributed by atoms with Gasteiger partial charge in [-0.2, -0.15) is 0 Å². The lowest BCUT2D eigenvalue weighted by Gasteiger charge is -2.30. The van der Waals surface area contributed by atoms with Gasteiger partial charge in [-0.1, -0.05) is 50.6 Å². The molecule has 0 bridgehead atoms. The highest BCUT2D eigenvalue weighted by molar-refractivity contribution is 5.85. The summed E-state index contributed by atoms with van der Waals surface area (Å²) in [6.45, 7) is 4.11. The van der Waals surface area contributed by atoms with Gasteiger partial charge in [0.1, 0.15) is 0 Å². The predicted molar refractivity (Wildman–Crippen MR) is 94.3 cm³/mol. The molecule has 0 saturated heterocycles. The Balaban J connectivity index is 0.00000242. The van der Waals surface area contributed by atoms with Crippen LogP contribution in [-0.2, 0) is 4.79 Å². The lowest BCUT2D eigenvalue weighted by Crippen LogP contribution is -2.49. The van der Waals surface area contributed by atoms with Gasteiger partial charge in [-0.25, -0.2) is 0 Å². The molecule has 4 heteroatoms. The molecule has 1 aliphatic carbocycles. The van der Waals surface area contributed by atoms with E-state index in [2.05, 4.69) is 42.6 Å². The van der Waals surface area contributed by atoms with Crippen LogP contribution in [-0.4, -0.2) is 18.0 Å². The molecule has 2 rings (SSSR count). The van der Waals surface area contributed by atoms with Crippen molar-refractivity contribution in [3.8, 4) is 0 Å². The van der Waals surface area contributed by atoms with Gasteiger partial charge in [0.25, 0.3) is 0 Å². The standard InChI is InChI=1S/C18H28N2O.ClH/c1-3-13(2)17(19)18(21)20-16-11-9-15(10-12-16)14-7-5-4-6-8-14;/h4-8,13,15-17H,3,9-12,19H2,1-2H3,(H,20,21);1H. The first-order valence-corrected chi connectivity index (χ1v) is 8.22. The van der Waals surface area contributed by atoms with Gasteiger partial charge in [0.2, 0.25) is 5.91 Å². The zero-order valence-corrected chi connectivity index (χ0v) is 14.4. The summed E-state index contributed by atoms with van der Waals surface area (Å²) < 4.78 is 0.